The van der Waals surface area contributed by atoms with Crippen molar-refractivity contribution in [1.82, 2.24) is 14.9 Å². The predicted octanol–water partition coefficient (Wildman–Crippen LogP) is 1.84. The van der Waals surface area contributed by atoms with Crippen molar-refractivity contribution in [3.05, 3.63) is 17.6 Å². The second-order valence-electron chi connectivity index (χ2n) is 5.23. The van der Waals surface area contributed by atoms with Crippen LogP contribution in [0.3, 0.4) is 0 Å². The molecule has 0 radical (unpaired) electrons. The Labute approximate surface area is 126 Å². The topological polar surface area (TPSA) is 59.5 Å². The largest absolute Gasteiger partial charge is 0.378 e. The molecule has 0 saturated carbocycles. The molecular weight excluding hydrogens is 268 g/mol. The van der Waals surface area contributed by atoms with Gasteiger partial charge in [-0.1, -0.05) is 6.92 Å². The molecule has 0 aliphatic carbocycles. The average molecular weight is 294 g/mol. The van der Waals surface area contributed by atoms with Gasteiger partial charge in [-0.05, 0) is 19.9 Å². The minimum Gasteiger partial charge on any atom is -0.378 e. The highest BCUT2D eigenvalue weighted by atomic mass is 16.5. The molecular formula is C15H26N4O2. The minimum absolute atomic E-state index is 0.0560. The SMILES string of the molecule is CCCN1CCOC(c2nc(COC)cc(NCC)n2)C1. The normalized spacial score (nSPS) is 19.7. The molecule has 1 atom stereocenters. The van der Waals surface area contributed by atoms with Gasteiger partial charge in [0.1, 0.15) is 11.9 Å². The van der Waals surface area contributed by atoms with Gasteiger partial charge in [-0.2, -0.15) is 0 Å². The third kappa shape index (κ3) is 4.62. The lowest BCUT2D eigenvalue weighted by Gasteiger charge is -2.32. The van der Waals surface area contributed by atoms with E-state index in [1.165, 1.54) is 0 Å². The third-order valence-corrected chi connectivity index (χ3v) is 3.42. The number of ether oxygens (including phenoxy) is 2. The first-order valence-electron chi connectivity index (χ1n) is 7.71. The van der Waals surface area contributed by atoms with Crippen LogP contribution in [0.2, 0.25) is 0 Å². The summed E-state index contributed by atoms with van der Waals surface area (Å²) in [5.41, 5.74) is 0.884. The quantitative estimate of drug-likeness (QED) is 0.828. The molecule has 0 aromatic carbocycles. The van der Waals surface area contributed by atoms with Crippen molar-refractivity contribution in [3.63, 3.8) is 0 Å². The van der Waals surface area contributed by atoms with Gasteiger partial charge in [0.05, 0.1) is 18.9 Å². The van der Waals surface area contributed by atoms with Gasteiger partial charge in [-0.15, -0.1) is 0 Å². The summed E-state index contributed by atoms with van der Waals surface area (Å²) >= 11 is 0. The monoisotopic (exact) mass is 294 g/mol. The van der Waals surface area contributed by atoms with Crippen LogP contribution >= 0.6 is 0 Å². The molecule has 1 aliphatic heterocycles. The highest BCUT2D eigenvalue weighted by Gasteiger charge is 2.24. The van der Waals surface area contributed by atoms with Crippen molar-refractivity contribution in [3.8, 4) is 0 Å². The molecule has 1 fully saturated rings. The van der Waals surface area contributed by atoms with Crippen LogP contribution in [0.25, 0.3) is 0 Å². The Bertz CT molecular complexity index is 415. The van der Waals surface area contributed by atoms with Crippen molar-refractivity contribution < 1.29 is 9.47 Å². The van der Waals surface area contributed by atoms with E-state index in [4.69, 9.17) is 9.47 Å². The maximum atomic E-state index is 5.87. The van der Waals surface area contributed by atoms with Crippen molar-refractivity contribution >= 4 is 5.82 Å². The Morgan fingerprint density at radius 2 is 2.29 bits per heavy atom. The van der Waals surface area contributed by atoms with Crippen LogP contribution in [0.4, 0.5) is 5.82 Å². The van der Waals surface area contributed by atoms with Crippen LogP contribution in [0, 0.1) is 0 Å². The van der Waals surface area contributed by atoms with E-state index in [2.05, 4.69) is 34.0 Å². The molecule has 21 heavy (non-hydrogen) atoms. The molecule has 0 bridgehead atoms. The summed E-state index contributed by atoms with van der Waals surface area (Å²) in [5, 5.41) is 3.25. The van der Waals surface area contributed by atoms with Gasteiger partial charge >= 0.3 is 0 Å². The summed E-state index contributed by atoms with van der Waals surface area (Å²) in [7, 11) is 1.68. The first-order chi connectivity index (χ1) is 10.3. The molecule has 1 aromatic heterocycles. The minimum atomic E-state index is -0.0560. The smallest absolute Gasteiger partial charge is 0.161 e. The molecule has 1 unspecified atom stereocenters. The summed E-state index contributed by atoms with van der Waals surface area (Å²) in [6, 6.07) is 1.93. The van der Waals surface area contributed by atoms with Gasteiger partial charge in [-0.3, -0.25) is 4.90 Å². The highest BCUT2D eigenvalue weighted by molar-refractivity contribution is 5.36. The van der Waals surface area contributed by atoms with E-state index in [1.54, 1.807) is 7.11 Å². The van der Waals surface area contributed by atoms with Crippen molar-refractivity contribution in [2.75, 3.05) is 45.2 Å². The van der Waals surface area contributed by atoms with Crippen LogP contribution < -0.4 is 5.32 Å². The fourth-order valence-electron chi connectivity index (χ4n) is 2.53. The molecule has 1 N–H and O–H groups in total. The number of nitrogens with zero attached hydrogens (tertiary/aromatic N) is 3. The van der Waals surface area contributed by atoms with E-state index in [1.807, 2.05) is 6.07 Å². The van der Waals surface area contributed by atoms with Crippen LogP contribution in [0.5, 0.6) is 0 Å². The van der Waals surface area contributed by atoms with Gasteiger partial charge in [0.25, 0.3) is 0 Å². The van der Waals surface area contributed by atoms with E-state index in [-0.39, 0.29) is 6.10 Å². The first kappa shape index (κ1) is 16.1. The van der Waals surface area contributed by atoms with Crippen molar-refractivity contribution in [1.29, 1.82) is 0 Å². The maximum Gasteiger partial charge on any atom is 0.161 e. The molecule has 2 rings (SSSR count). The molecule has 1 saturated heterocycles. The number of hydrogen-bond donors (Lipinski definition) is 1. The Balaban J connectivity index is 2.16. The summed E-state index contributed by atoms with van der Waals surface area (Å²) in [6.07, 6.45) is 1.10. The van der Waals surface area contributed by atoms with Gasteiger partial charge in [0, 0.05) is 32.8 Å². The van der Waals surface area contributed by atoms with Crippen LogP contribution in [-0.2, 0) is 16.1 Å². The summed E-state index contributed by atoms with van der Waals surface area (Å²) in [5.74, 6) is 1.59. The molecule has 118 valence electrons. The Hall–Kier alpha value is -1.24. The molecule has 6 heteroatoms. The molecule has 6 nitrogen and oxygen atoms in total. The number of rotatable bonds is 7. The van der Waals surface area contributed by atoms with Crippen LogP contribution in [0.1, 0.15) is 37.9 Å². The highest BCUT2D eigenvalue weighted by Crippen LogP contribution is 2.21. The number of anilines is 1. The van der Waals surface area contributed by atoms with E-state index < -0.39 is 0 Å². The maximum absolute atomic E-state index is 5.87. The molecule has 1 aromatic rings. The summed E-state index contributed by atoms with van der Waals surface area (Å²) in [4.78, 5) is 11.6. The number of nitrogens with one attached hydrogen (secondary N) is 1. The Morgan fingerprint density at radius 3 is 3.00 bits per heavy atom. The average Bonchev–Trinajstić information content (AvgIpc) is 2.48. The number of hydrogen-bond acceptors (Lipinski definition) is 6. The number of aromatic nitrogens is 2. The lowest BCUT2D eigenvalue weighted by molar-refractivity contribution is -0.0343. The lowest BCUT2D eigenvalue weighted by Crippen LogP contribution is -2.39. The van der Waals surface area contributed by atoms with E-state index in [0.29, 0.717) is 6.61 Å². The van der Waals surface area contributed by atoms with Gasteiger partial charge < -0.3 is 14.8 Å². The third-order valence-electron chi connectivity index (χ3n) is 3.42. The molecule has 1 aliphatic rings. The van der Waals surface area contributed by atoms with Crippen LogP contribution in [-0.4, -0.2) is 54.8 Å². The van der Waals surface area contributed by atoms with Gasteiger partial charge in [-0.25, -0.2) is 9.97 Å². The zero-order valence-electron chi connectivity index (χ0n) is 13.3. The van der Waals surface area contributed by atoms with E-state index in [9.17, 15) is 0 Å². The zero-order valence-corrected chi connectivity index (χ0v) is 13.3. The summed E-state index contributed by atoms with van der Waals surface area (Å²) < 4.78 is 11.1. The predicted molar refractivity (Wildman–Crippen MR) is 82.3 cm³/mol. The number of methoxy groups -OCH3 is 1. The van der Waals surface area contributed by atoms with E-state index in [0.717, 1.165) is 56.5 Å². The second-order valence-corrected chi connectivity index (χ2v) is 5.23. The van der Waals surface area contributed by atoms with E-state index >= 15 is 0 Å². The van der Waals surface area contributed by atoms with Crippen molar-refractivity contribution in [2.45, 2.75) is 33.0 Å². The summed E-state index contributed by atoms with van der Waals surface area (Å²) in [6.45, 7) is 9.24. The molecule has 2 heterocycles. The second kappa shape index (κ2) is 8.26. The fraction of sp³-hybridized carbons (Fsp3) is 0.733. The molecule has 0 spiro atoms. The zero-order chi connectivity index (χ0) is 15.1. The Morgan fingerprint density at radius 1 is 1.43 bits per heavy atom. The standard InChI is InChI=1S/C15H26N4O2/c1-4-6-19-7-8-21-13(10-19)15-17-12(11-20-3)9-14(18-15)16-5-2/h9,13H,4-8,10-11H2,1-3H3,(H,16,17,18). The molecule has 0 amide bonds. The van der Waals surface area contributed by atoms with Gasteiger partial charge in [0.15, 0.2) is 5.82 Å². The van der Waals surface area contributed by atoms with Gasteiger partial charge in [0.2, 0.25) is 0 Å². The first-order valence-corrected chi connectivity index (χ1v) is 7.71. The number of morpholine rings is 1. The Kier molecular flexibility index (Phi) is 6.35. The lowest BCUT2D eigenvalue weighted by atomic mass is 10.2. The van der Waals surface area contributed by atoms with Crippen LogP contribution in [0.15, 0.2) is 6.07 Å². The van der Waals surface area contributed by atoms with Crippen molar-refractivity contribution in [2.24, 2.45) is 0 Å². The fourth-order valence-corrected chi connectivity index (χ4v) is 2.53.